The van der Waals surface area contributed by atoms with Crippen LogP contribution in [0.4, 0.5) is 14.5 Å². The maximum absolute atomic E-state index is 15.7. The van der Waals surface area contributed by atoms with Gasteiger partial charge in [0, 0.05) is 58.3 Å². The van der Waals surface area contributed by atoms with Crippen molar-refractivity contribution in [2.45, 2.75) is 132 Å². The number of rotatable bonds is 16. The number of fused-ring (bicyclic) bond motifs is 1. The van der Waals surface area contributed by atoms with Crippen molar-refractivity contribution in [1.29, 1.82) is 0 Å². The Labute approximate surface area is 370 Å². The predicted octanol–water partition coefficient (Wildman–Crippen LogP) is 6.26. The van der Waals surface area contributed by atoms with Gasteiger partial charge < -0.3 is 39.8 Å². The molecule has 14 heteroatoms. The van der Waals surface area contributed by atoms with E-state index in [1.165, 1.54) is 17.5 Å². The van der Waals surface area contributed by atoms with Crippen LogP contribution in [-0.2, 0) is 43.2 Å². The highest BCUT2D eigenvalue weighted by Gasteiger charge is 2.67. The molecule has 2 saturated heterocycles. The number of phenolic OH excluding ortho intramolecular Hbond substituents is 1. The number of nitrogens with zero attached hydrogens (tertiary/aromatic N) is 3. The summed E-state index contributed by atoms with van der Waals surface area (Å²) in [5.41, 5.74) is -0.724. The summed E-state index contributed by atoms with van der Waals surface area (Å²) in [5, 5.41) is 16.3. The lowest BCUT2D eigenvalue weighted by Gasteiger charge is -2.61. The molecule has 4 bridgehead atoms. The van der Waals surface area contributed by atoms with E-state index in [4.69, 9.17) is 14.2 Å². The summed E-state index contributed by atoms with van der Waals surface area (Å²) < 4.78 is 49.6. The number of anilines is 1. The van der Waals surface area contributed by atoms with Crippen molar-refractivity contribution >= 4 is 23.4 Å². The zero-order valence-electron chi connectivity index (χ0n) is 36.9. The normalized spacial score (nSPS) is 29.0. The molecule has 7 fully saturated rings. The molecule has 12 nitrogen and oxygen atoms in total. The number of piperidine rings is 1. The minimum absolute atomic E-state index is 0.0121. The third kappa shape index (κ3) is 10.0. The minimum atomic E-state index is -1.54. The molecule has 2 atom stereocenters. The fourth-order valence-corrected chi connectivity index (χ4v) is 12.8. The number of carbonyl (C=O) groups is 3. The molecule has 10 rings (SSSR count). The van der Waals surface area contributed by atoms with Crippen molar-refractivity contribution in [3.8, 4) is 11.5 Å². The van der Waals surface area contributed by atoms with E-state index in [-0.39, 0.29) is 61.3 Å². The van der Waals surface area contributed by atoms with E-state index >= 15 is 8.78 Å². The van der Waals surface area contributed by atoms with Gasteiger partial charge in [0.15, 0.2) is 12.4 Å². The zero-order chi connectivity index (χ0) is 43.7. The monoisotopic (exact) mass is 876 g/mol. The number of ether oxygens (including phenoxy) is 3. The molecule has 5 saturated carbocycles. The minimum Gasteiger partial charge on any atom is -0.506 e. The number of halogens is 2. The molecule has 3 aliphatic heterocycles. The first kappa shape index (κ1) is 44.4. The number of amides is 3. The number of carbonyl (C=O) groups excluding carboxylic acids is 3. The second-order valence-electron chi connectivity index (χ2n) is 20.2. The first-order valence-corrected chi connectivity index (χ1v) is 23.9. The van der Waals surface area contributed by atoms with Gasteiger partial charge >= 0.3 is 0 Å². The molecular formula is C49H67F2N5O7. The summed E-state index contributed by atoms with van der Waals surface area (Å²) >= 11 is 0. The van der Waals surface area contributed by atoms with E-state index < -0.39 is 22.4 Å². The Morgan fingerprint density at radius 2 is 1.71 bits per heavy atom. The molecule has 8 aliphatic rings. The summed E-state index contributed by atoms with van der Waals surface area (Å²) in [4.78, 5) is 45.9. The lowest BCUT2D eigenvalue weighted by molar-refractivity contribution is -0.202. The third-order valence-corrected chi connectivity index (χ3v) is 15.3. The fourth-order valence-electron chi connectivity index (χ4n) is 12.8. The number of hydrogen-bond acceptors (Lipinski definition) is 9. The van der Waals surface area contributed by atoms with Crippen LogP contribution in [0.3, 0.4) is 0 Å². The van der Waals surface area contributed by atoms with Gasteiger partial charge in [-0.3, -0.25) is 19.3 Å². The molecule has 2 aromatic carbocycles. The van der Waals surface area contributed by atoms with Gasteiger partial charge in [0.05, 0.1) is 37.3 Å². The van der Waals surface area contributed by atoms with Gasteiger partial charge in [0.25, 0.3) is 5.91 Å². The SMILES string of the molecule is O=C1COc2c(CCNCCN(C(=O)CCOCCc3cccc(CN4CCC5(CC4)CN(C(=O)C46CC7CC(F)(CC(F)(C7)C4)C6)CCO5)c3)C3CCCCC3)ccc(O)c2N1. The number of alkyl halides is 2. The first-order valence-electron chi connectivity index (χ1n) is 23.9. The number of aromatic hydroxyl groups is 1. The first-order chi connectivity index (χ1) is 30.4. The summed E-state index contributed by atoms with van der Waals surface area (Å²) in [5.74, 6) is 0.286. The Kier molecular flexibility index (Phi) is 13.1. The van der Waals surface area contributed by atoms with Gasteiger partial charge in [-0.1, -0.05) is 49.6 Å². The molecule has 3 N–H and O–H groups in total. The van der Waals surface area contributed by atoms with Crippen molar-refractivity contribution in [2.24, 2.45) is 11.3 Å². The quantitative estimate of drug-likeness (QED) is 0.132. The van der Waals surface area contributed by atoms with Crippen LogP contribution >= 0.6 is 0 Å². The van der Waals surface area contributed by atoms with E-state index in [0.717, 1.165) is 70.1 Å². The molecule has 0 radical (unpaired) electrons. The summed E-state index contributed by atoms with van der Waals surface area (Å²) in [6.45, 7) is 6.79. The van der Waals surface area contributed by atoms with Crippen LogP contribution in [0, 0.1) is 11.3 Å². The summed E-state index contributed by atoms with van der Waals surface area (Å²) in [7, 11) is 0. The maximum Gasteiger partial charge on any atom is 0.262 e. The second kappa shape index (κ2) is 18.6. The molecule has 0 aromatic heterocycles. The highest BCUT2D eigenvalue weighted by atomic mass is 19.2. The van der Waals surface area contributed by atoms with Crippen molar-refractivity contribution in [2.75, 3.05) is 77.6 Å². The largest absolute Gasteiger partial charge is 0.506 e. The molecule has 2 unspecified atom stereocenters. The van der Waals surface area contributed by atoms with E-state index in [0.29, 0.717) is 96.1 Å². The van der Waals surface area contributed by atoms with Crippen LogP contribution < -0.4 is 15.4 Å². The van der Waals surface area contributed by atoms with Gasteiger partial charge in [0.1, 0.15) is 22.8 Å². The van der Waals surface area contributed by atoms with Crippen LogP contribution in [-0.4, -0.2) is 133 Å². The van der Waals surface area contributed by atoms with Gasteiger partial charge in [-0.15, -0.1) is 0 Å². The molecule has 2 aromatic rings. The highest BCUT2D eigenvalue weighted by Crippen LogP contribution is 2.66. The van der Waals surface area contributed by atoms with Crippen molar-refractivity contribution in [3.63, 3.8) is 0 Å². The Morgan fingerprint density at radius 1 is 0.937 bits per heavy atom. The van der Waals surface area contributed by atoms with Crippen molar-refractivity contribution in [1.82, 2.24) is 20.0 Å². The zero-order valence-corrected chi connectivity index (χ0v) is 36.9. The van der Waals surface area contributed by atoms with Gasteiger partial charge in [-0.2, -0.15) is 0 Å². The predicted molar refractivity (Wildman–Crippen MR) is 234 cm³/mol. The van der Waals surface area contributed by atoms with Gasteiger partial charge in [-0.05, 0) is 106 Å². The Balaban J connectivity index is 0.693. The maximum atomic E-state index is 15.7. The van der Waals surface area contributed by atoms with Gasteiger partial charge in [0.2, 0.25) is 11.8 Å². The average Bonchev–Trinajstić information content (AvgIpc) is 3.25. The number of likely N-dealkylation sites (tertiary alicyclic amines) is 1. The number of phenols is 1. The standard InChI is InChI=1S/C49H67F2N5O7/c50-47-27-37-26-46(31-47,32-48(51,28-37)33-47)45(60)55-21-24-63-49(34-55)14-18-54(19-15-49)29-36-6-4-5-35(25-36)12-22-61-23-13-42(59)56(39-7-2-1-3-8-39)20-17-52-16-11-38-9-10-40(57)43-44(38)62-30-41(58)53-43/h4-6,9-10,25,37,39,52,57H,1-3,7-8,11-24,26-34H2,(H,53,58). The molecule has 344 valence electrons. The topological polar surface area (TPSA) is 133 Å². The number of nitrogens with one attached hydrogen (secondary N) is 2. The van der Waals surface area contributed by atoms with Crippen molar-refractivity contribution in [3.05, 3.63) is 53.1 Å². The number of hydrogen-bond donors (Lipinski definition) is 3. The fraction of sp³-hybridized carbons (Fsp3) is 0.694. The van der Waals surface area contributed by atoms with Crippen LogP contribution in [0.25, 0.3) is 0 Å². The lowest BCUT2D eigenvalue weighted by Crippen LogP contribution is -2.66. The van der Waals surface area contributed by atoms with Gasteiger partial charge in [-0.25, -0.2) is 8.78 Å². The highest BCUT2D eigenvalue weighted by molar-refractivity contribution is 5.97. The average molecular weight is 876 g/mol. The van der Waals surface area contributed by atoms with E-state index in [2.05, 4.69) is 44.7 Å². The Bertz CT molecular complexity index is 1970. The molecule has 3 amide bonds. The molecule has 63 heavy (non-hydrogen) atoms. The summed E-state index contributed by atoms with van der Waals surface area (Å²) in [6.07, 6.45) is 10.7. The molecule has 5 aliphatic carbocycles. The number of morpholine rings is 1. The van der Waals surface area contributed by atoms with E-state index in [1.807, 2.05) is 11.0 Å². The van der Waals surface area contributed by atoms with Crippen LogP contribution in [0.1, 0.15) is 107 Å². The van der Waals surface area contributed by atoms with E-state index in [9.17, 15) is 19.5 Å². The van der Waals surface area contributed by atoms with Crippen LogP contribution in [0.2, 0.25) is 0 Å². The van der Waals surface area contributed by atoms with E-state index in [1.54, 1.807) is 6.07 Å². The second-order valence-corrected chi connectivity index (χ2v) is 20.2. The molecular weight excluding hydrogens is 809 g/mol. The molecule has 3 heterocycles. The molecule has 1 spiro atoms. The summed E-state index contributed by atoms with van der Waals surface area (Å²) in [6, 6.07) is 12.3. The lowest BCUT2D eigenvalue weighted by atomic mass is 9.47. The third-order valence-electron chi connectivity index (χ3n) is 15.3. The Morgan fingerprint density at radius 3 is 2.49 bits per heavy atom. The van der Waals surface area contributed by atoms with Crippen molar-refractivity contribution < 1.29 is 42.5 Å². The van der Waals surface area contributed by atoms with Crippen LogP contribution in [0.5, 0.6) is 11.5 Å². The Hall–Kier alpha value is -3.85. The number of benzene rings is 2. The smallest absolute Gasteiger partial charge is 0.262 e. The van der Waals surface area contributed by atoms with Crippen LogP contribution in [0.15, 0.2) is 36.4 Å².